The molecule has 1 heterocycles. The Kier molecular flexibility index (Phi) is 3.43. The lowest BCUT2D eigenvalue weighted by molar-refractivity contribution is 0.0413. The number of hydrogen-bond donors (Lipinski definition) is 0. The third-order valence-corrected chi connectivity index (χ3v) is 1.89. The van der Waals surface area contributed by atoms with Crippen LogP contribution in [0.2, 0.25) is 0 Å². The quantitative estimate of drug-likeness (QED) is 0.731. The van der Waals surface area contributed by atoms with Crippen LogP contribution in [0.3, 0.4) is 0 Å². The highest BCUT2D eigenvalue weighted by Crippen LogP contribution is 2.34. The van der Waals surface area contributed by atoms with Crippen LogP contribution in [0.25, 0.3) is 0 Å². The van der Waals surface area contributed by atoms with Crippen LogP contribution in [-0.2, 0) is 0 Å². The van der Waals surface area contributed by atoms with Gasteiger partial charge in [0.15, 0.2) is 11.5 Å². The van der Waals surface area contributed by atoms with Crippen molar-refractivity contribution in [3.05, 3.63) is 24.3 Å². The van der Waals surface area contributed by atoms with E-state index in [1.54, 1.807) is 0 Å². The van der Waals surface area contributed by atoms with Gasteiger partial charge in [-0.2, -0.15) is 0 Å². The smallest absolute Gasteiger partial charge is 0.241 e. The molecule has 2 nitrogen and oxygen atoms in total. The molecule has 0 bridgehead atoms. The zero-order chi connectivity index (χ0) is 8.39. The Morgan fingerprint density at radius 3 is 2.15 bits per heavy atom. The van der Waals surface area contributed by atoms with Crippen LogP contribution in [-0.4, -0.2) is 6.29 Å². The average Bonchev–Trinajstić information content (AvgIpc) is 2.47. The maximum absolute atomic E-state index is 5.53. The number of hydrogen-bond acceptors (Lipinski definition) is 2. The molecule has 3 heteroatoms. The van der Waals surface area contributed by atoms with Gasteiger partial charge in [-0.3, -0.25) is 0 Å². The third-order valence-electron chi connectivity index (χ3n) is 1.89. The highest BCUT2D eigenvalue weighted by Gasteiger charge is 2.21. The predicted octanol–water partition coefficient (Wildman–Crippen LogP) is 3.01. The Labute approximate surface area is 84.3 Å². The monoisotopic (exact) mass is 200 g/mol. The molecule has 1 aromatic carbocycles. The van der Waals surface area contributed by atoms with Crippen molar-refractivity contribution >= 4 is 12.4 Å². The second-order valence-corrected chi connectivity index (χ2v) is 2.90. The van der Waals surface area contributed by atoms with Crippen molar-refractivity contribution in [2.45, 2.75) is 26.1 Å². The Hall–Kier alpha value is -0.890. The number of ether oxygens (including phenoxy) is 2. The molecule has 72 valence electrons. The Balaban J connectivity index is 0.000000845. The molecule has 1 aliphatic heterocycles. The summed E-state index contributed by atoms with van der Waals surface area (Å²) in [4.78, 5) is 0. The number of fused-ring (bicyclic) bond motifs is 1. The van der Waals surface area contributed by atoms with Gasteiger partial charge in [-0.1, -0.05) is 19.1 Å². The van der Waals surface area contributed by atoms with E-state index in [2.05, 4.69) is 6.92 Å². The van der Waals surface area contributed by atoms with E-state index in [1.165, 1.54) is 0 Å². The molecular formula is C10H13ClO2. The number of benzene rings is 1. The maximum atomic E-state index is 5.53. The maximum Gasteiger partial charge on any atom is 0.241 e. The second kappa shape index (κ2) is 4.38. The van der Waals surface area contributed by atoms with Crippen molar-refractivity contribution in [2.24, 2.45) is 0 Å². The topological polar surface area (TPSA) is 18.5 Å². The molecule has 2 rings (SSSR count). The van der Waals surface area contributed by atoms with Crippen molar-refractivity contribution in [3.8, 4) is 11.5 Å². The Bertz CT molecular complexity index is 250. The van der Waals surface area contributed by atoms with Crippen LogP contribution < -0.4 is 9.47 Å². The number of para-hydroxylation sites is 2. The summed E-state index contributed by atoms with van der Waals surface area (Å²) in [7, 11) is 0. The highest BCUT2D eigenvalue weighted by molar-refractivity contribution is 5.85. The molecular weight excluding hydrogens is 188 g/mol. The lowest BCUT2D eigenvalue weighted by atomic mass is 10.3. The molecule has 0 unspecified atom stereocenters. The van der Waals surface area contributed by atoms with Gasteiger partial charge in [0.1, 0.15) is 0 Å². The molecule has 13 heavy (non-hydrogen) atoms. The Morgan fingerprint density at radius 1 is 1.15 bits per heavy atom. The van der Waals surface area contributed by atoms with Crippen molar-refractivity contribution < 1.29 is 9.47 Å². The van der Waals surface area contributed by atoms with Crippen molar-refractivity contribution in [1.29, 1.82) is 0 Å². The normalized spacial score (nSPS) is 13.9. The third kappa shape index (κ3) is 2.07. The molecule has 1 aromatic rings. The number of halogens is 1. The average molecular weight is 201 g/mol. The van der Waals surface area contributed by atoms with Crippen LogP contribution in [0.15, 0.2) is 24.3 Å². The van der Waals surface area contributed by atoms with Gasteiger partial charge in [-0.15, -0.1) is 12.4 Å². The van der Waals surface area contributed by atoms with E-state index in [0.717, 1.165) is 24.3 Å². The molecule has 0 aromatic heterocycles. The first-order chi connectivity index (χ1) is 5.90. The zero-order valence-corrected chi connectivity index (χ0v) is 8.34. The van der Waals surface area contributed by atoms with Crippen molar-refractivity contribution in [3.63, 3.8) is 0 Å². The standard InChI is InChI=1S/C10H12O2.ClH/c1-2-5-10-11-8-6-3-4-7-9(8)12-10;/h3-4,6-7,10H,2,5H2,1H3;1H. The van der Waals surface area contributed by atoms with E-state index in [0.29, 0.717) is 0 Å². The summed E-state index contributed by atoms with van der Waals surface area (Å²) in [5.74, 6) is 1.74. The minimum absolute atomic E-state index is 0. The summed E-state index contributed by atoms with van der Waals surface area (Å²) in [5.41, 5.74) is 0. The van der Waals surface area contributed by atoms with E-state index in [4.69, 9.17) is 9.47 Å². The van der Waals surface area contributed by atoms with Crippen LogP contribution in [0.1, 0.15) is 19.8 Å². The molecule has 1 aliphatic rings. The van der Waals surface area contributed by atoms with E-state index in [9.17, 15) is 0 Å². The van der Waals surface area contributed by atoms with E-state index in [-0.39, 0.29) is 18.7 Å². The molecule has 0 N–H and O–H groups in total. The number of rotatable bonds is 2. The van der Waals surface area contributed by atoms with Gasteiger partial charge in [0.05, 0.1) is 0 Å². The van der Waals surface area contributed by atoms with Crippen LogP contribution in [0.5, 0.6) is 11.5 Å². The van der Waals surface area contributed by atoms with Gasteiger partial charge < -0.3 is 9.47 Å². The fourth-order valence-corrected chi connectivity index (χ4v) is 1.31. The first-order valence-electron chi connectivity index (χ1n) is 4.32. The molecule has 0 spiro atoms. The van der Waals surface area contributed by atoms with Gasteiger partial charge in [-0.05, 0) is 18.6 Å². The van der Waals surface area contributed by atoms with Gasteiger partial charge in [-0.25, -0.2) is 0 Å². The predicted molar refractivity (Wildman–Crippen MR) is 53.6 cm³/mol. The largest absolute Gasteiger partial charge is 0.451 e. The zero-order valence-electron chi connectivity index (χ0n) is 7.53. The Morgan fingerprint density at radius 2 is 1.69 bits per heavy atom. The second-order valence-electron chi connectivity index (χ2n) is 2.90. The summed E-state index contributed by atoms with van der Waals surface area (Å²) in [5, 5.41) is 0. The van der Waals surface area contributed by atoms with Crippen molar-refractivity contribution in [1.82, 2.24) is 0 Å². The lowest BCUT2D eigenvalue weighted by Gasteiger charge is -2.07. The highest BCUT2D eigenvalue weighted by atomic mass is 35.5. The first-order valence-corrected chi connectivity index (χ1v) is 4.32. The van der Waals surface area contributed by atoms with E-state index in [1.807, 2.05) is 24.3 Å². The van der Waals surface area contributed by atoms with Gasteiger partial charge >= 0.3 is 0 Å². The minimum atomic E-state index is -0.0626. The van der Waals surface area contributed by atoms with E-state index < -0.39 is 0 Å². The van der Waals surface area contributed by atoms with Gasteiger partial charge in [0.2, 0.25) is 6.29 Å². The summed E-state index contributed by atoms with van der Waals surface area (Å²) in [6.07, 6.45) is 1.97. The molecule has 0 fully saturated rings. The van der Waals surface area contributed by atoms with Crippen LogP contribution >= 0.6 is 12.4 Å². The van der Waals surface area contributed by atoms with Gasteiger partial charge in [0, 0.05) is 6.42 Å². The molecule has 0 saturated heterocycles. The summed E-state index contributed by atoms with van der Waals surface area (Å²) >= 11 is 0. The first kappa shape index (κ1) is 10.2. The molecule has 0 radical (unpaired) electrons. The molecule has 0 saturated carbocycles. The van der Waals surface area contributed by atoms with Gasteiger partial charge in [0.25, 0.3) is 0 Å². The SMILES string of the molecule is CCCC1Oc2ccccc2O1.Cl. The van der Waals surface area contributed by atoms with Crippen LogP contribution in [0, 0.1) is 0 Å². The summed E-state index contributed by atoms with van der Waals surface area (Å²) in [6, 6.07) is 7.78. The van der Waals surface area contributed by atoms with Crippen molar-refractivity contribution in [2.75, 3.05) is 0 Å². The fourth-order valence-electron chi connectivity index (χ4n) is 1.31. The molecule has 0 amide bonds. The molecule has 0 aliphatic carbocycles. The fraction of sp³-hybridized carbons (Fsp3) is 0.400. The van der Waals surface area contributed by atoms with E-state index >= 15 is 0 Å². The van der Waals surface area contributed by atoms with Crippen LogP contribution in [0.4, 0.5) is 0 Å². The summed E-state index contributed by atoms with van der Waals surface area (Å²) in [6.45, 7) is 2.12. The lowest BCUT2D eigenvalue weighted by Crippen LogP contribution is -2.16. The summed E-state index contributed by atoms with van der Waals surface area (Å²) < 4.78 is 11.1. The minimum Gasteiger partial charge on any atom is -0.451 e. The molecule has 0 atom stereocenters.